The predicted octanol–water partition coefficient (Wildman–Crippen LogP) is 12.9. The number of carboxylic acid groups (broad SMARTS) is 2. The van der Waals surface area contributed by atoms with Gasteiger partial charge in [-0.3, -0.25) is 9.59 Å². The van der Waals surface area contributed by atoms with E-state index >= 15 is 0 Å². The molecule has 0 aliphatic rings. The van der Waals surface area contributed by atoms with Crippen molar-refractivity contribution in [2.24, 2.45) is 11.3 Å². The van der Waals surface area contributed by atoms with Crippen LogP contribution in [0, 0.1) is 11.3 Å². The number of carboxylic acids is 2. The molecule has 0 aliphatic heterocycles. The van der Waals surface area contributed by atoms with E-state index < -0.39 is 11.9 Å². The van der Waals surface area contributed by atoms with Crippen molar-refractivity contribution >= 4 is 11.9 Å². The Kier molecular flexibility index (Phi) is 29.2. The average Bonchev–Trinajstić information content (AvgIpc) is 2.96. The molecule has 4 nitrogen and oxygen atoms in total. The van der Waals surface area contributed by atoms with Crippen LogP contribution < -0.4 is 0 Å². The van der Waals surface area contributed by atoms with E-state index in [0.717, 1.165) is 57.8 Å². The van der Waals surface area contributed by atoms with E-state index in [0.29, 0.717) is 0 Å². The third-order valence-corrected chi connectivity index (χ3v) is 9.76. The number of unbranched alkanes of at least 4 members (excludes halogenated alkanes) is 22. The summed E-state index contributed by atoms with van der Waals surface area (Å²) in [7, 11) is 0. The minimum Gasteiger partial charge on any atom is -0.481 e. The van der Waals surface area contributed by atoms with Gasteiger partial charge in [0.05, 0.1) is 5.92 Å². The molecule has 0 heterocycles. The second-order valence-electron chi connectivity index (χ2n) is 13.6. The summed E-state index contributed by atoms with van der Waals surface area (Å²) in [6.07, 6.45) is 35.9. The van der Waals surface area contributed by atoms with Gasteiger partial charge in [0.25, 0.3) is 0 Å². The second kappa shape index (κ2) is 30.0. The van der Waals surface area contributed by atoms with E-state index in [9.17, 15) is 14.7 Å². The van der Waals surface area contributed by atoms with Crippen LogP contribution in [0.1, 0.15) is 220 Å². The topological polar surface area (TPSA) is 74.6 Å². The fourth-order valence-electron chi connectivity index (χ4n) is 7.05. The van der Waals surface area contributed by atoms with Gasteiger partial charge in [-0.25, -0.2) is 0 Å². The zero-order valence-corrected chi connectivity index (χ0v) is 28.7. The molecular formula is C38H74O4. The monoisotopic (exact) mass is 595 g/mol. The number of aliphatic carboxylic acids is 2. The molecule has 1 atom stereocenters. The number of carbonyl (C=O) groups is 2. The van der Waals surface area contributed by atoms with Crippen molar-refractivity contribution in [2.75, 3.05) is 0 Å². The Morgan fingerprint density at radius 3 is 1.10 bits per heavy atom. The van der Waals surface area contributed by atoms with Crippen LogP contribution in [-0.2, 0) is 9.59 Å². The van der Waals surface area contributed by atoms with Gasteiger partial charge in [0.15, 0.2) is 0 Å². The third kappa shape index (κ3) is 23.4. The molecule has 42 heavy (non-hydrogen) atoms. The van der Waals surface area contributed by atoms with Gasteiger partial charge in [0.2, 0.25) is 0 Å². The first-order valence-corrected chi connectivity index (χ1v) is 18.9. The van der Waals surface area contributed by atoms with Crippen LogP contribution in [0.2, 0.25) is 0 Å². The normalized spacial score (nSPS) is 12.5. The van der Waals surface area contributed by atoms with E-state index in [1.807, 2.05) is 0 Å². The highest BCUT2D eigenvalue weighted by molar-refractivity contribution is 5.71. The lowest BCUT2D eigenvalue weighted by atomic mass is 9.64. The molecule has 0 saturated heterocycles. The molecule has 4 heteroatoms. The smallest absolute Gasteiger partial charge is 0.307 e. The van der Waals surface area contributed by atoms with Gasteiger partial charge in [0.1, 0.15) is 0 Å². The summed E-state index contributed by atoms with van der Waals surface area (Å²) in [5.41, 5.74) is -0.0637. The van der Waals surface area contributed by atoms with Crippen LogP contribution in [0.25, 0.3) is 0 Å². The Balaban J connectivity index is 5.33. The first-order valence-electron chi connectivity index (χ1n) is 18.9. The molecule has 0 saturated carbocycles. The van der Waals surface area contributed by atoms with Gasteiger partial charge in [-0.2, -0.15) is 0 Å². The maximum atomic E-state index is 12.9. The van der Waals surface area contributed by atoms with E-state index in [1.165, 1.54) is 135 Å². The Hall–Kier alpha value is -1.06. The molecule has 250 valence electrons. The Bertz CT molecular complexity index is 586. The van der Waals surface area contributed by atoms with Crippen LogP contribution in [-0.4, -0.2) is 22.2 Å². The largest absolute Gasteiger partial charge is 0.481 e. The van der Waals surface area contributed by atoms with Crippen molar-refractivity contribution in [3.05, 3.63) is 0 Å². The van der Waals surface area contributed by atoms with E-state index in [1.54, 1.807) is 0 Å². The van der Waals surface area contributed by atoms with Crippen molar-refractivity contribution in [1.29, 1.82) is 0 Å². The second-order valence-corrected chi connectivity index (χ2v) is 13.6. The van der Waals surface area contributed by atoms with Crippen molar-refractivity contribution in [2.45, 2.75) is 220 Å². The Morgan fingerprint density at radius 1 is 0.452 bits per heavy atom. The lowest BCUT2D eigenvalue weighted by Gasteiger charge is -2.40. The van der Waals surface area contributed by atoms with Crippen LogP contribution >= 0.6 is 0 Å². The lowest BCUT2D eigenvalue weighted by Crippen LogP contribution is -2.36. The number of hydrogen-bond acceptors (Lipinski definition) is 2. The first-order chi connectivity index (χ1) is 20.4. The van der Waals surface area contributed by atoms with E-state index in [4.69, 9.17) is 5.11 Å². The highest BCUT2D eigenvalue weighted by Gasteiger charge is 2.41. The molecular weight excluding hydrogens is 520 g/mol. The van der Waals surface area contributed by atoms with Crippen molar-refractivity contribution in [3.8, 4) is 0 Å². The minimum absolute atomic E-state index is 0.0637. The molecule has 0 spiro atoms. The molecule has 0 fully saturated rings. The molecule has 0 aromatic heterocycles. The molecule has 0 amide bonds. The Labute approximate surface area is 262 Å². The molecule has 0 aromatic rings. The summed E-state index contributed by atoms with van der Waals surface area (Å²) in [5.74, 6) is -1.52. The van der Waals surface area contributed by atoms with Crippen LogP contribution in [0.4, 0.5) is 0 Å². The van der Waals surface area contributed by atoms with Gasteiger partial charge in [-0.1, -0.05) is 181 Å². The van der Waals surface area contributed by atoms with Crippen molar-refractivity contribution in [3.63, 3.8) is 0 Å². The highest BCUT2D eigenvalue weighted by Crippen LogP contribution is 2.46. The maximum absolute atomic E-state index is 12.9. The molecule has 0 rings (SSSR count). The van der Waals surface area contributed by atoms with Crippen LogP contribution in [0.5, 0.6) is 0 Å². The SMILES string of the molecule is CCCCCCCCCCCC(CCCCCCCC)(CCCCCCCC)C(CCCCCCCC(=O)O)C(=O)O. The van der Waals surface area contributed by atoms with Crippen molar-refractivity contribution in [1.82, 2.24) is 0 Å². The third-order valence-electron chi connectivity index (χ3n) is 9.76. The molecule has 0 bridgehead atoms. The van der Waals surface area contributed by atoms with E-state index in [-0.39, 0.29) is 17.8 Å². The molecule has 2 N–H and O–H groups in total. The zero-order chi connectivity index (χ0) is 31.2. The minimum atomic E-state index is -0.716. The number of rotatable bonds is 34. The molecule has 1 unspecified atom stereocenters. The zero-order valence-electron chi connectivity index (χ0n) is 28.7. The standard InChI is InChI=1S/C38H74O4/c1-4-7-10-13-16-17-18-24-29-34-38(32-27-22-14-11-8-5-2,33-28-23-15-12-9-6-3)35(37(41)42)30-25-20-19-21-26-31-36(39)40/h35H,4-34H2,1-3H3,(H,39,40)(H,41,42). The van der Waals surface area contributed by atoms with Crippen molar-refractivity contribution < 1.29 is 19.8 Å². The first kappa shape index (κ1) is 40.9. The van der Waals surface area contributed by atoms with Crippen LogP contribution in [0.15, 0.2) is 0 Å². The predicted molar refractivity (Wildman–Crippen MR) is 181 cm³/mol. The summed E-state index contributed by atoms with van der Waals surface area (Å²) in [4.78, 5) is 23.7. The highest BCUT2D eigenvalue weighted by atomic mass is 16.4. The number of hydrogen-bond donors (Lipinski definition) is 2. The van der Waals surface area contributed by atoms with Gasteiger partial charge < -0.3 is 10.2 Å². The fourth-order valence-corrected chi connectivity index (χ4v) is 7.05. The van der Waals surface area contributed by atoms with E-state index in [2.05, 4.69) is 20.8 Å². The van der Waals surface area contributed by atoms with Gasteiger partial charge in [0, 0.05) is 6.42 Å². The molecule has 0 aliphatic carbocycles. The maximum Gasteiger partial charge on any atom is 0.307 e. The van der Waals surface area contributed by atoms with Gasteiger partial charge in [-0.05, 0) is 37.5 Å². The summed E-state index contributed by atoms with van der Waals surface area (Å²) < 4.78 is 0. The fraction of sp³-hybridized carbons (Fsp3) is 0.947. The summed E-state index contributed by atoms with van der Waals surface area (Å²) in [6.45, 7) is 6.80. The summed E-state index contributed by atoms with van der Waals surface area (Å²) >= 11 is 0. The summed E-state index contributed by atoms with van der Waals surface area (Å²) in [5, 5.41) is 19.5. The Morgan fingerprint density at radius 2 is 0.762 bits per heavy atom. The van der Waals surface area contributed by atoms with Gasteiger partial charge in [-0.15, -0.1) is 0 Å². The quantitative estimate of drug-likeness (QED) is 0.0727. The average molecular weight is 595 g/mol. The molecule has 0 aromatic carbocycles. The summed E-state index contributed by atoms with van der Waals surface area (Å²) in [6, 6.07) is 0. The van der Waals surface area contributed by atoms with Crippen LogP contribution in [0.3, 0.4) is 0 Å². The van der Waals surface area contributed by atoms with Gasteiger partial charge >= 0.3 is 11.9 Å². The lowest BCUT2D eigenvalue weighted by molar-refractivity contribution is -0.148. The molecule has 0 radical (unpaired) electrons.